The van der Waals surface area contributed by atoms with Crippen LogP contribution in [0.1, 0.15) is 0 Å². The Kier molecular flexibility index (Phi) is 2.59. The van der Waals surface area contributed by atoms with Crippen LogP contribution in [0.5, 0.6) is 0 Å². The van der Waals surface area contributed by atoms with E-state index in [1.165, 1.54) is 0 Å². The van der Waals surface area contributed by atoms with Crippen molar-refractivity contribution in [2.45, 2.75) is 0 Å². The van der Waals surface area contributed by atoms with Gasteiger partial charge in [-0.1, -0.05) is 12.1 Å². The van der Waals surface area contributed by atoms with Crippen molar-refractivity contribution in [3.8, 4) is 11.3 Å². The van der Waals surface area contributed by atoms with Crippen LogP contribution >= 0.6 is 15.9 Å². The molecule has 0 atom stereocenters. The van der Waals surface area contributed by atoms with Gasteiger partial charge in [0, 0.05) is 18.3 Å². The minimum absolute atomic E-state index is 0.863. The lowest BCUT2D eigenvalue weighted by molar-refractivity contribution is 0.581. The summed E-state index contributed by atoms with van der Waals surface area (Å²) in [5, 5.41) is 3.09. The molecule has 14 heavy (non-hydrogen) atoms. The molecule has 1 aromatic carbocycles. The highest BCUT2D eigenvalue weighted by molar-refractivity contribution is 9.10. The highest BCUT2D eigenvalue weighted by Crippen LogP contribution is 2.30. The maximum atomic E-state index is 5.38. The van der Waals surface area contributed by atoms with Crippen molar-refractivity contribution in [2.24, 2.45) is 0 Å². The molecule has 0 saturated heterocycles. The number of hydrogen-bond donors (Lipinski definition) is 1. The third-order valence-corrected chi connectivity index (χ3v) is 2.66. The fourth-order valence-corrected chi connectivity index (χ4v) is 1.75. The van der Waals surface area contributed by atoms with Crippen LogP contribution in [-0.2, 0) is 0 Å². The zero-order valence-electron chi connectivity index (χ0n) is 7.75. The predicted molar refractivity (Wildman–Crippen MR) is 61.4 cm³/mol. The van der Waals surface area contributed by atoms with Gasteiger partial charge in [0.1, 0.15) is 5.76 Å². The van der Waals surface area contributed by atoms with Gasteiger partial charge in [-0.3, -0.25) is 0 Å². The zero-order valence-corrected chi connectivity index (χ0v) is 9.34. The molecule has 0 radical (unpaired) electrons. The first-order valence-electron chi connectivity index (χ1n) is 4.32. The Balaban J connectivity index is 2.47. The van der Waals surface area contributed by atoms with Gasteiger partial charge in [0.15, 0.2) is 0 Å². The largest absolute Gasteiger partial charge is 0.463 e. The van der Waals surface area contributed by atoms with E-state index in [-0.39, 0.29) is 0 Å². The molecule has 0 unspecified atom stereocenters. The number of benzene rings is 1. The van der Waals surface area contributed by atoms with Gasteiger partial charge in [0.2, 0.25) is 0 Å². The Morgan fingerprint density at radius 2 is 2.14 bits per heavy atom. The monoisotopic (exact) mass is 251 g/mol. The molecule has 1 aromatic heterocycles. The van der Waals surface area contributed by atoms with Gasteiger partial charge in [-0.15, -0.1) is 0 Å². The van der Waals surface area contributed by atoms with Crippen molar-refractivity contribution >= 4 is 21.6 Å². The molecule has 1 heterocycles. The molecule has 0 amide bonds. The second-order valence-electron chi connectivity index (χ2n) is 2.93. The lowest BCUT2D eigenvalue weighted by Crippen LogP contribution is -1.87. The molecule has 2 rings (SSSR count). The first-order valence-corrected chi connectivity index (χ1v) is 5.12. The van der Waals surface area contributed by atoms with E-state index in [9.17, 15) is 0 Å². The van der Waals surface area contributed by atoms with Gasteiger partial charge < -0.3 is 9.73 Å². The normalized spacial score (nSPS) is 10.1. The van der Waals surface area contributed by atoms with Gasteiger partial charge in [0.25, 0.3) is 0 Å². The zero-order chi connectivity index (χ0) is 9.97. The summed E-state index contributed by atoms with van der Waals surface area (Å²) in [6.45, 7) is 0. The fourth-order valence-electron chi connectivity index (χ4n) is 1.32. The van der Waals surface area contributed by atoms with Gasteiger partial charge in [-0.25, -0.2) is 0 Å². The van der Waals surface area contributed by atoms with Crippen LogP contribution in [0.2, 0.25) is 0 Å². The van der Waals surface area contributed by atoms with Crippen LogP contribution in [0.4, 0.5) is 5.69 Å². The Labute approximate surface area is 91.1 Å². The minimum Gasteiger partial charge on any atom is -0.463 e. The molecule has 0 spiro atoms. The van der Waals surface area contributed by atoms with Crippen LogP contribution in [0.3, 0.4) is 0 Å². The van der Waals surface area contributed by atoms with Gasteiger partial charge >= 0.3 is 0 Å². The van der Waals surface area contributed by atoms with Crippen LogP contribution in [0, 0.1) is 0 Å². The second kappa shape index (κ2) is 3.88. The van der Waals surface area contributed by atoms with Crippen molar-refractivity contribution in [1.29, 1.82) is 0 Å². The molecule has 1 N–H and O–H groups in total. The smallest absolute Gasteiger partial charge is 0.148 e. The number of rotatable bonds is 2. The van der Waals surface area contributed by atoms with E-state index in [0.29, 0.717) is 0 Å². The number of nitrogens with one attached hydrogen (secondary N) is 1. The third-order valence-electron chi connectivity index (χ3n) is 2.03. The number of furan rings is 1. The molecule has 2 aromatic rings. The summed E-state index contributed by atoms with van der Waals surface area (Å²) in [6, 6.07) is 9.96. The molecule has 2 nitrogen and oxygen atoms in total. The van der Waals surface area contributed by atoms with Crippen molar-refractivity contribution < 1.29 is 4.42 Å². The van der Waals surface area contributed by atoms with Crippen molar-refractivity contribution in [3.05, 3.63) is 41.1 Å². The molecular formula is C11H10BrNO. The summed E-state index contributed by atoms with van der Waals surface area (Å²) in [7, 11) is 1.90. The van der Waals surface area contributed by atoms with E-state index in [2.05, 4.69) is 21.2 Å². The molecule has 72 valence electrons. The summed E-state index contributed by atoms with van der Waals surface area (Å²) in [6.07, 6.45) is 1.67. The standard InChI is InChI=1S/C11H10BrNO/c1-13-9-4-2-3-8(7-9)11-10(12)5-6-14-11/h2-7,13H,1H3. The SMILES string of the molecule is CNc1cccc(-c2occc2Br)c1. The topological polar surface area (TPSA) is 25.2 Å². The summed E-state index contributed by atoms with van der Waals surface area (Å²) in [4.78, 5) is 0. The van der Waals surface area contributed by atoms with E-state index in [1.54, 1.807) is 6.26 Å². The lowest BCUT2D eigenvalue weighted by Gasteiger charge is -2.02. The van der Waals surface area contributed by atoms with E-state index in [4.69, 9.17) is 4.42 Å². The quantitative estimate of drug-likeness (QED) is 0.880. The molecule has 0 aliphatic carbocycles. The summed E-state index contributed by atoms with van der Waals surface area (Å²) >= 11 is 3.44. The second-order valence-corrected chi connectivity index (χ2v) is 3.78. The summed E-state index contributed by atoms with van der Waals surface area (Å²) in [5.74, 6) is 0.863. The Morgan fingerprint density at radius 3 is 2.79 bits per heavy atom. The molecule has 0 aliphatic rings. The van der Waals surface area contributed by atoms with Crippen LogP contribution in [-0.4, -0.2) is 7.05 Å². The fraction of sp³-hybridized carbons (Fsp3) is 0.0909. The predicted octanol–water partition coefficient (Wildman–Crippen LogP) is 3.75. The van der Waals surface area contributed by atoms with Crippen molar-refractivity contribution in [2.75, 3.05) is 12.4 Å². The number of halogens is 1. The highest BCUT2D eigenvalue weighted by atomic mass is 79.9. The number of anilines is 1. The van der Waals surface area contributed by atoms with E-state index in [1.807, 2.05) is 37.4 Å². The van der Waals surface area contributed by atoms with E-state index >= 15 is 0 Å². The van der Waals surface area contributed by atoms with Crippen LogP contribution in [0.15, 0.2) is 45.5 Å². The van der Waals surface area contributed by atoms with Crippen LogP contribution < -0.4 is 5.32 Å². The van der Waals surface area contributed by atoms with Crippen molar-refractivity contribution in [3.63, 3.8) is 0 Å². The lowest BCUT2D eigenvalue weighted by atomic mass is 10.1. The highest BCUT2D eigenvalue weighted by Gasteiger charge is 2.06. The number of hydrogen-bond acceptors (Lipinski definition) is 2. The molecule has 0 aliphatic heterocycles. The molecule has 3 heteroatoms. The first-order chi connectivity index (χ1) is 6.81. The van der Waals surface area contributed by atoms with Crippen LogP contribution in [0.25, 0.3) is 11.3 Å². The Bertz CT molecular complexity index is 436. The van der Waals surface area contributed by atoms with Gasteiger partial charge in [0.05, 0.1) is 10.7 Å². The maximum absolute atomic E-state index is 5.38. The average Bonchev–Trinajstić information content (AvgIpc) is 2.65. The third kappa shape index (κ3) is 1.68. The van der Waals surface area contributed by atoms with Gasteiger partial charge in [-0.05, 0) is 34.1 Å². The van der Waals surface area contributed by atoms with E-state index in [0.717, 1.165) is 21.5 Å². The molecule has 0 saturated carbocycles. The average molecular weight is 252 g/mol. The minimum atomic E-state index is 0.863. The molecular weight excluding hydrogens is 242 g/mol. The first kappa shape index (κ1) is 9.34. The molecule has 0 fully saturated rings. The van der Waals surface area contributed by atoms with Crippen molar-refractivity contribution in [1.82, 2.24) is 0 Å². The Morgan fingerprint density at radius 1 is 1.29 bits per heavy atom. The van der Waals surface area contributed by atoms with Gasteiger partial charge in [-0.2, -0.15) is 0 Å². The molecule has 0 bridgehead atoms. The van der Waals surface area contributed by atoms with E-state index < -0.39 is 0 Å². The Hall–Kier alpha value is -1.22. The maximum Gasteiger partial charge on any atom is 0.148 e. The summed E-state index contributed by atoms with van der Waals surface area (Å²) in [5.41, 5.74) is 2.14. The summed E-state index contributed by atoms with van der Waals surface area (Å²) < 4.78 is 6.35.